The molecule has 0 saturated carbocycles. The molecule has 1 unspecified atom stereocenters. The molecule has 0 heterocycles. The van der Waals surface area contributed by atoms with Crippen LogP contribution in [0.15, 0.2) is 0 Å². The van der Waals surface area contributed by atoms with Gasteiger partial charge in [0.25, 0.3) is 8.18 Å². The summed E-state index contributed by atoms with van der Waals surface area (Å²) >= 11 is 0. The number of hydrogen-bond acceptors (Lipinski definition) is 1. The molecule has 0 amide bonds. The van der Waals surface area contributed by atoms with Crippen LogP contribution in [-0.2, 0) is 4.57 Å². The summed E-state index contributed by atoms with van der Waals surface area (Å²) in [4.78, 5) is 7.95. The van der Waals surface area contributed by atoms with Crippen molar-refractivity contribution in [1.82, 2.24) is 5.09 Å². The van der Waals surface area contributed by atoms with Crippen molar-refractivity contribution in [1.29, 1.82) is 0 Å². The van der Waals surface area contributed by atoms with Crippen molar-refractivity contribution in [2.24, 2.45) is 0 Å². The molecule has 0 aromatic rings. The third kappa shape index (κ3) is 4.02. The fourth-order valence-corrected chi connectivity index (χ4v) is 0.406. The molecule has 0 aliphatic carbocycles. The highest BCUT2D eigenvalue weighted by Gasteiger charge is 1.81. The van der Waals surface area contributed by atoms with Crippen LogP contribution in [0.3, 0.4) is 0 Å². The van der Waals surface area contributed by atoms with Crippen LogP contribution in [0.2, 0.25) is 0 Å². The van der Waals surface area contributed by atoms with E-state index in [0.29, 0.717) is 6.54 Å². The molecule has 2 N–H and O–H groups in total. The molecule has 0 rings (SSSR count). The van der Waals surface area contributed by atoms with Gasteiger partial charge in [-0.3, -0.25) is 0 Å². The summed E-state index contributed by atoms with van der Waals surface area (Å²) in [6, 6.07) is 0. The van der Waals surface area contributed by atoms with Gasteiger partial charge in [-0.15, -0.1) is 0 Å². The zero-order chi connectivity index (χ0) is 4.99. The lowest BCUT2D eigenvalue weighted by molar-refractivity contribution is 0.491. The minimum atomic E-state index is -2.10. The van der Waals surface area contributed by atoms with E-state index in [9.17, 15) is 4.57 Å². The molecule has 37 valence electrons. The van der Waals surface area contributed by atoms with E-state index in [1.807, 2.05) is 0 Å². The third-order valence-corrected chi connectivity index (χ3v) is 0.880. The van der Waals surface area contributed by atoms with Gasteiger partial charge in [0.2, 0.25) is 0 Å². The Bertz CT molecular complexity index is 55.5. The minimum absolute atomic E-state index is 0.547. The molecule has 0 aliphatic heterocycles. The highest BCUT2D eigenvalue weighted by molar-refractivity contribution is 7.35. The zero-order valence-electron chi connectivity index (χ0n) is 3.51. The Hall–Kier alpha value is 0.0200. The molecule has 4 heteroatoms. The maximum Gasteiger partial charge on any atom is 0.292 e. The smallest absolute Gasteiger partial charge is 0.292 e. The van der Waals surface area contributed by atoms with Crippen molar-refractivity contribution in [2.45, 2.75) is 6.92 Å². The van der Waals surface area contributed by atoms with E-state index >= 15 is 0 Å². The van der Waals surface area contributed by atoms with Crippen LogP contribution in [-0.4, -0.2) is 11.4 Å². The first-order valence-corrected chi connectivity index (χ1v) is 2.88. The normalized spacial score (nSPS) is 11.3. The van der Waals surface area contributed by atoms with E-state index < -0.39 is 8.18 Å². The van der Waals surface area contributed by atoms with E-state index in [0.717, 1.165) is 0 Å². The van der Waals surface area contributed by atoms with Gasteiger partial charge in [-0.2, -0.15) is 0 Å². The first-order valence-electron chi connectivity index (χ1n) is 1.67. The molecule has 0 spiro atoms. The lowest BCUT2D eigenvalue weighted by Crippen LogP contribution is -1.98. The van der Waals surface area contributed by atoms with E-state index in [1.54, 1.807) is 6.92 Å². The Morgan fingerprint density at radius 1 is 2.00 bits per heavy atom. The van der Waals surface area contributed by atoms with Gasteiger partial charge in [-0.25, -0.2) is 9.65 Å². The van der Waals surface area contributed by atoms with E-state index in [-0.39, 0.29) is 0 Å². The molecular weight excluding hydrogens is 101 g/mol. The fourth-order valence-electron chi connectivity index (χ4n) is 0.135. The molecule has 0 aromatic carbocycles. The van der Waals surface area contributed by atoms with Gasteiger partial charge in [0, 0.05) is 6.54 Å². The molecule has 0 fully saturated rings. The second-order valence-corrected chi connectivity index (χ2v) is 1.65. The second-order valence-electron chi connectivity index (χ2n) is 0.785. The van der Waals surface area contributed by atoms with Crippen LogP contribution in [0, 0.1) is 0 Å². The fraction of sp³-hybridized carbons (Fsp3) is 1.00. The quantitative estimate of drug-likeness (QED) is 0.498. The van der Waals surface area contributed by atoms with Gasteiger partial charge in [0.05, 0.1) is 0 Å². The van der Waals surface area contributed by atoms with E-state index in [4.69, 9.17) is 4.89 Å². The van der Waals surface area contributed by atoms with Crippen LogP contribution >= 0.6 is 8.18 Å². The van der Waals surface area contributed by atoms with Gasteiger partial charge in [0.15, 0.2) is 0 Å². The molecule has 0 saturated heterocycles. The third-order valence-electron chi connectivity index (χ3n) is 0.293. The maximum atomic E-state index is 9.64. The van der Waals surface area contributed by atoms with Crippen LogP contribution in [0.5, 0.6) is 0 Å². The summed E-state index contributed by atoms with van der Waals surface area (Å²) < 4.78 is 9.64. The molecule has 3 nitrogen and oxygen atoms in total. The molecule has 6 heavy (non-hydrogen) atoms. The van der Waals surface area contributed by atoms with Gasteiger partial charge in [-0.05, 0) is 0 Å². The van der Waals surface area contributed by atoms with Gasteiger partial charge < -0.3 is 4.89 Å². The van der Waals surface area contributed by atoms with Crippen LogP contribution in [0.4, 0.5) is 0 Å². The lowest BCUT2D eigenvalue weighted by atomic mass is 10.8. The van der Waals surface area contributed by atoms with Crippen molar-refractivity contribution in [2.75, 3.05) is 6.54 Å². The highest BCUT2D eigenvalue weighted by Crippen LogP contribution is 2.01. The molecule has 0 aromatic heterocycles. The lowest BCUT2D eigenvalue weighted by Gasteiger charge is -1.85. The summed E-state index contributed by atoms with van der Waals surface area (Å²) in [5, 5.41) is 2.27. The van der Waals surface area contributed by atoms with Crippen molar-refractivity contribution < 1.29 is 9.46 Å². The van der Waals surface area contributed by atoms with Crippen molar-refractivity contribution >= 4 is 8.18 Å². The summed E-state index contributed by atoms with van der Waals surface area (Å²) in [6.45, 7) is 2.31. The van der Waals surface area contributed by atoms with Crippen molar-refractivity contribution in [3.8, 4) is 0 Å². The minimum Gasteiger partial charge on any atom is -0.308 e. The molecular formula is C2H7NO2P. The maximum absolute atomic E-state index is 9.64. The van der Waals surface area contributed by atoms with Crippen LogP contribution in [0.1, 0.15) is 6.92 Å². The Labute approximate surface area is 37.3 Å². The predicted octanol–water partition coefficient (Wildman–Crippen LogP) is 0.246. The topological polar surface area (TPSA) is 49.3 Å². The number of rotatable bonds is 2. The molecule has 1 atom stereocenters. The molecule has 1 radical (unpaired) electrons. The monoisotopic (exact) mass is 108 g/mol. The largest absolute Gasteiger partial charge is 0.308 e. The first kappa shape index (κ1) is 6.02. The standard InChI is InChI=1S/C2H7NO2P/c1-2-3-6(4)5/h2H2,1H3,(H2,3,4,5). The van der Waals surface area contributed by atoms with E-state index in [1.165, 1.54) is 0 Å². The molecule has 0 bridgehead atoms. The SMILES string of the molecule is CCN[P](=O)O. The Morgan fingerprint density at radius 3 is 2.50 bits per heavy atom. The van der Waals surface area contributed by atoms with Crippen LogP contribution < -0.4 is 5.09 Å². The number of nitrogens with one attached hydrogen (secondary N) is 1. The van der Waals surface area contributed by atoms with Crippen LogP contribution in [0.25, 0.3) is 0 Å². The van der Waals surface area contributed by atoms with Gasteiger partial charge in [-0.1, -0.05) is 6.92 Å². The average Bonchev–Trinajstić information content (AvgIpc) is 1.35. The number of hydrogen-bond donors (Lipinski definition) is 2. The van der Waals surface area contributed by atoms with Gasteiger partial charge >= 0.3 is 0 Å². The zero-order valence-corrected chi connectivity index (χ0v) is 4.40. The average molecular weight is 108 g/mol. The summed E-state index contributed by atoms with van der Waals surface area (Å²) in [5.74, 6) is 0. The van der Waals surface area contributed by atoms with Crippen molar-refractivity contribution in [3.05, 3.63) is 0 Å². The Kier molecular flexibility index (Phi) is 3.23. The summed E-state index contributed by atoms with van der Waals surface area (Å²) in [6.07, 6.45) is 0. The summed E-state index contributed by atoms with van der Waals surface area (Å²) in [7, 11) is -2.10. The highest BCUT2D eigenvalue weighted by atomic mass is 31.1. The second kappa shape index (κ2) is 3.22. The Morgan fingerprint density at radius 2 is 2.50 bits per heavy atom. The van der Waals surface area contributed by atoms with Crippen molar-refractivity contribution in [3.63, 3.8) is 0 Å². The molecule has 0 aliphatic rings. The first-order chi connectivity index (χ1) is 2.77. The predicted molar refractivity (Wildman–Crippen MR) is 23.5 cm³/mol. The van der Waals surface area contributed by atoms with Gasteiger partial charge in [0.1, 0.15) is 0 Å². The van der Waals surface area contributed by atoms with E-state index in [2.05, 4.69) is 5.09 Å². The summed E-state index contributed by atoms with van der Waals surface area (Å²) in [5.41, 5.74) is 0. The Balaban J connectivity index is 2.83.